The Bertz CT molecular complexity index is 558. The molecule has 0 aliphatic rings. The summed E-state index contributed by atoms with van der Waals surface area (Å²) in [4.78, 5) is 0. The summed E-state index contributed by atoms with van der Waals surface area (Å²) in [7, 11) is -3.49. The highest BCUT2D eigenvalue weighted by Gasteiger charge is 2.10. The zero-order chi connectivity index (χ0) is 12.9. The van der Waals surface area contributed by atoms with Crippen LogP contribution in [0.2, 0.25) is 0 Å². The molecule has 6 heteroatoms. The van der Waals surface area contributed by atoms with E-state index >= 15 is 0 Å². The van der Waals surface area contributed by atoms with E-state index in [0.717, 1.165) is 6.07 Å². The first kappa shape index (κ1) is 13.5. The maximum Gasteiger partial charge on any atom is 0.232 e. The Hall–Kier alpha value is -1.58. The topological polar surface area (TPSA) is 66.4 Å². The Morgan fingerprint density at radius 1 is 1.47 bits per heavy atom. The van der Waals surface area contributed by atoms with E-state index in [1.165, 1.54) is 19.1 Å². The smallest absolute Gasteiger partial charge is 0.232 e. The largest absolute Gasteiger partial charge is 0.384 e. The van der Waals surface area contributed by atoms with Crippen molar-refractivity contribution in [3.63, 3.8) is 0 Å². The van der Waals surface area contributed by atoms with Crippen LogP contribution >= 0.6 is 0 Å². The Morgan fingerprint density at radius 2 is 2.18 bits per heavy atom. The van der Waals surface area contributed by atoms with Crippen molar-refractivity contribution in [2.75, 3.05) is 17.1 Å². The van der Waals surface area contributed by atoms with E-state index < -0.39 is 15.8 Å². The van der Waals surface area contributed by atoms with E-state index in [0.29, 0.717) is 5.56 Å². The number of aliphatic hydroxyl groups is 1. The summed E-state index contributed by atoms with van der Waals surface area (Å²) < 4.78 is 38.1. The molecule has 1 aromatic carbocycles. The summed E-state index contributed by atoms with van der Waals surface area (Å²) in [5, 5.41) is 8.48. The van der Waals surface area contributed by atoms with Gasteiger partial charge in [-0.05, 0) is 25.1 Å². The van der Waals surface area contributed by atoms with Crippen LogP contribution in [-0.2, 0) is 10.0 Å². The van der Waals surface area contributed by atoms with Gasteiger partial charge in [-0.3, -0.25) is 4.72 Å². The highest BCUT2D eigenvalue weighted by atomic mass is 32.2. The standard InChI is InChI=1S/C11H12FNO3S/c1-2-17(15,16)13-11-6-5-9(4-3-7-14)8-10(11)12/h5-6,8,13-14H,2,7H2,1H3. The average Bonchev–Trinajstić information content (AvgIpc) is 2.29. The molecule has 0 aliphatic heterocycles. The van der Waals surface area contributed by atoms with Crippen LogP contribution in [0.15, 0.2) is 18.2 Å². The van der Waals surface area contributed by atoms with Gasteiger partial charge in [0.2, 0.25) is 10.0 Å². The van der Waals surface area contributed by atoms with Crippen LogP contribution in [0.25, 0.3) is 0 Å². The van der Waals surface area contributed by atoms with Crippen LogP contribution in [0.1, 0.15) is 12.5 Å². The number of hydrogen-bond acceptors (Lipinski definition) is 3. The van der Waals surface area contributed by atoms with Crippen LogP contribution in [0.5, 0.6) is 0 Å². The number of aliphatic hydroxyl groups excluding tert-OH is 1. The lowest BCUT2D eigenvalue weighted by atomic mass is 10.2. The fourth-order valence-electron chi connectivity index (χ4n) is 1.06. The molecule has 4 nitrogen and oxygen atoms in total. The molecule has 0 aromatic heterocycles. The van der Waals surface area contributed by atoms with Crippen LogP contribution in [0.4, 0.5) is 10.1 Å². The van der Waals surface area contributed by atoms with Gasteiger partial charge in [-0.15, -0.1) is 0 Å². The first-order valence-electron chi connectivity index (χ1n) is 4.88. The van der Waals surface area contributed by atoms with Crippen molar-refractivity contribution in [3.05, 3.63) is 29.6 Å². The minimum Gasteiger partial charge on any atom is -0.384 e. The summed E-state index contributed by atoms with van der Waals surface area (Å²) in [6.45, 7) is 1.15. The Kier molecular flexibility index (Phi) is 4.49. The van der Waals surface area contributed by atoms with E-state index in [9.17, 15) is 12.8 Å². The van der Waals surface area contributed by atoms with Gasteiger partial charge in [0, 0.05) is 5.56 Å². The second-order valence-electron chi connectivity index (χ2n) is 3.16. The average molecular weight is 257 g/mol. The summed E-state index contributed by atoms with van der Waals surface area (Å²) in [5.41, 5.74) is 0.261. The van der Waals surface area contributed by atoms with Gasteiger partial charge in [-0.25, -0.2) is 12.8 Å². The van der Waals surface area contributed by atoms with Gasteiger partial charge in [0.15, 0.2) is 0 Å². The Morgan fingerprint density at radius 3 is 2.71 bits per heavy atom. The number of benzene rings is 1. The van der Waals surface area contributed by atoms with E-state index in [2.05, 4.69) is 16.6 Å². The monoisotopic (exact) mass is 257 g/mol. The molecule has 0 fully saturated rings. The van der Waals surface area contributed by atoms with Gasteiger partial charge in [0.1, 0.15) is 12.4 Å². The number of anilines is 1. The molecular weight excluding hydrogens is 245 g/mol. The number of hydrogen-bond donors (Lipinski definition) is 2. The SMILES string of the molecule is CCS(=O)(=O)Nc1ccc(C#CCO)cc1F. The van der Waals surface area contributed by atoms with E-state index in [4.69, 9.17) is 5.11 Å². The lowest BCUT2D eigenvalue weighted by Crippen LogP contribution is -2.15. The molecule has 0 unspecified atom stereocenters. The molecule has 92 valence electrons. The van der Waals surface area contributed by atoms with Crippen molar-refractivity contribution in [1.82, 2.24) is 0 Å². The van der Waals surface area contributed by atoms with Crippen molar-refractivity contribution in [3.8, 4) is 11.8 Å². The zero-order valence-electron chi connectivity index (χ0n) is 9.20. The van der Waals surface area contributed by atoms with Crippen molar-refractivity contribution < 1.29 is 17.9 Å². The highest BCUT2D eigenvalue weighted by molar-refractivity contribution is 7.92. The minimum atomic E-state index is -3.49. The number of nitrogens with one attached hydrogen (secondary N) is 1. The third kappa shape index (κ3) is 4.06. The predicted molar refractivity (Wildman–Crippen MR) is 63.4 cm³/mol. The van der Waals surface area contributed by atoms with Crippen molar-refractivity contribution in [2.24, 2.45) is 0 Å². The maximum atomic E-state index is 13.5. The fourth-order valence-corrected chi connectivity index (χ4v) is 1.70. The van der Waals surface area contributed by atoms with E-state index in [1.807, 2.05) is 0 Å². The molecule has 0 spiro atoms. The second kappa shape index (κ2) is 5.66. The first-order valence-corrected chi connectivity index (χ1v) is 6.53. The van der Waals surface area contributed by atoms with E-state index in [1.54, 1.807) is 0 Å². The lowest BCUT2D eigenvalue weighted by molar-refractivity contribution is 0.350. The summed E-state index contributed by atoms with van der Waals surface area (Å²) >= 11 is 0. The fraction of sp³-hybridized carbons (Fsp3) is 0.273. The van der Waals surface area contributed by atoms with Gasteiger partial charge in [-0.2, -0.15) is 0 Å². The number of halogens is 1. The predicted octanol–water partition coefficient (Wildman–Crippen LogP) is 0.931. The van der Waals surface area contributed by atoms with Crippen LogP contribution < -0.4 is 4.72 Å². The quantitative estimate of drug-likeness (QED) is 0.792. The lowest BCUT2D eigenvalue weighted by Gasteiger charge is -2.06. The van der Waals surface area contributed by atoms with Crippen LogP contribution in [-0.4, -0.2) is 25.9 Å². The maximum absolute atomic E-state index is 13.5. The van der Waals surface area contributed by atoms with Crippen LogP contribution in [0.3, 0.4) is 0 Å². The molecule has 0 bridgehead atoms. The van der Waals surface area contributed by atoms with Crippen molar-refractivity contribution in [1.29, 1.82) is 0 Å². The summed E-state index contributed by atoms with van der Waals surface area (Å²) in [6, 6.07) is 3.87. The third-order valence-corrected chi connectivity index (χ3v) is 3.22. The molecule has 0 amide bonds. The molecule has 0 atom stereocenters. The molecular formula is C11H12FNO3S. The molecule has 2 N–H and O–H groups in total. The van der Waals surface area contributed by atoms with Gasteiger partial charge >= 0.3 is 0 Å². The molecule has 17 heavy (non-hydrogen) atoms. The third-order valence-electron chi connectivity index (χ3n) is 1.93. The molecule has 0 heterocycles. The van der Waals surface area contributed by atoms with E-state index in [-0.39, 0.29) is 18.0 Å². The van der Waals surface area contributed by atoms with Crippen molar-refractivity contribution in [2.45, 2.75) is 6.92 Å². The molecule has 0 saturated heterocycles. The van der Waals surface area contributed by atoms with Gasteiger partial charge in [0.25, 0.3) is 0 Å². The molecule has 0 radical (unpaired) electrons. The van der Waals surface area contributed by atoms with Gasteiger partial charge in [-0.1, -0.05) is 11.8 Å². The summed E-state index contributed by atoms with van der Waals surface area (Å²) in [5.74, 6) is 4.06. The second-order valence-corrected chi connectivity index (χ2v) is 5.17. The molecule has 1 rings (SSSR count). The van der Waals surface area contributed by atoms with Gasteiger partial charge < -0.3 is 5.11 Å². The Labute approximate surface area is 99.5 Å². The van der Waals surface area contributed by atoms with Crippen LogP contribution in [0, 0.1) is 17.7 Å². The number of sulfonamides is 1. The minimum absolute atomic E-state index is 0.110. The highest BCUT2D eigenvalue weighted by Crippen LogP contribution is 2.16. The normalized spacial score (nSPS) is 10.5. The molecule has 0 aliphatic carbocycles. The number of rotatable bonds is 3. The Balaban J connectivity index is 2.98. The zero-order valence-corrected chi connectivity index (χ0v) is 10.0. The molecule has 0 saturated carbocycles. The van der Waals surface area contributed by atoms with Crippen molar-refractivity contribution >= 4 is 15.7 Å². The first-order chi connectivity index (χ1) is 7.98. The molecule has 1 aromatic rings. The van der Waals surface area contributed by atoms with Gasteiger partial charge in [0.05, 0.1) is 11.4 Å². The summed E-state index contributed by atoms with van der Waals surface area (Å²) in [6.07, 6.45) is 0.